The number of halogens is 8. The van der Waals surface area contributed by atoms with Gasteiger partial charge < -0.3 is 14.2 Å². The Morgan fingerprint density at radius 1 is 0.510 bits per heavy atom. The molecule has 0 atom stereocenters. The van der Waals surface area contributed by atoms with Gasteiger partial charge in [-0.05, 0) is 94.3 Å². The maximum Gasteiger partial charge on any atom is 0.248 e. The van der Waals surface area contributed by atoms with Gasteiger partial charge in [0.1, 0.15) is 23.1 Å². The van der Waals surface area contributed by atoms with Gasteiger partial charge in [-0.15, -0.1) is 0 Å². The largest absolute Gasteiger partial charge is 0.493 e. The number of alkyl halides is 2. The van der Waals surface area contributed by atoms with Crippen molar-refractivity contribution in [3.63, 3.8) is 0 Å². The summed E-state index contributed by atoms with van der Waals surface area (Å²) in [7, 11) is 0. The topological polar surface area (TPSA) is 27.7 Å². The smallest absolute Gasteiger partial charge is 0.248 e. The molecule has 0 aliphatic heterocycles. The monoisotopic (exact) mass is 694 g/mol. The molecule has 11 heteroatoms. The lowest BCUT2D eigenvalue weighted by Gasteiger charge is -2.16. The first-order chi connectivity index (χ1) is 23.4. The predicted octanol–water partition coefficient (Wildman–Crippen LogP) is 11.8. The third-order valence-electron chi connectivity index (χ3n) is 7.99. The molecule has 0 N–H and O–H groups in total. The summed E-state index contributed by atoms with van der Waals surface area (Å²) >= 11 is 0. The van der Waals surface area contributed by atoms with E-state index in [1.807, 2.05) is 0 Å². The molecule has 0 aliphatic rings. The summed E-state index contributed by atoms with van der Waals surface area (Å²) in [6.45, 7) is 3.54. The Morgan fingerprint density at radius 3 is 1.47 bits per heavy atom. The summed E-state index contributed by atoms with van der Waals surface area (Å²) in [6.07, 6.45) is 1.88. The van der Waals surface area contributed by atoms with Crippen LogP contribution in [0.4, 0.5) is 35.1 Å². The zero-order chi connectivity index (χ0) is 35.6. The molecule has 0 aromatic heterocycles. The maximum absolute atomic E-state index is 14.7. The van der Waals surface area contributed by atoms with Gasteiger partial charge in [0.15, 0.2) is 23.2 Å². The van der Waals surface area contributed by atoms with E-state index >= 15 is 0 Å². The van der Waals surface area contributed by atoms with Crippen molar-refractivity contribution in [2.24, 2.45) is 0 Å². The SMILES string of the molecule is CCOc1ccc(-c2ccc(OCCCCCC(F)(F)CCCCCOc3ccc(-c4ccc(C)c(F)c4F)c(F)c3)cc2F)c(F)c1F. The molecule has 0 heterocycles. The molecule has 3 nitrogen and oxygen atoms in total. The quantitative estimate of drug-likeness (QED) is 0.0767. The van der Waals surface area contributed by atoms with Gasteiger partial charge in [-0.3, -0.25) is 0 Å². The Labute approximate surface area is 280 Å². The fraction of sp³-hybridized carbons (Fsp3) is 0.368. The van der Waals surface area contributed by atoms with E-state index in [4.69, 9.17) is 14.2 Å². The van der Waals surface area contributed by atoms with Crippen molar-refractivity contribution in [3.8, 4) is 39.5 Å². The van der Waals surface area contributed by atoms with Crippen LogP contribution in [0.3, 0.4) is 0 Å². The van der Waals surface area contributed by atoms with Gasteiger partial charge in [-0.2, -0.15) is 4.39 Å². The minimum atomic E-state index is -2.83. The molecule has 0 bridgehead atoms. The number of hydrogen-bond acceptors (Lipinski definition) is 3. The van der Waals surface area contributed by atoms with Crippen LogP contribution in [0.15, 0.2) is 60.7 Å². The molecular weight excluding hydrogens is 656 g/mol. The number of unbranched alkanes of at least 4 members (excludes halogenated alkanes) is 4. The van der Waals surface area contributed by atoms with Gasteiger partial charge in [-0.1, -0.05) is 12.1 Å². The first kappa shape index (κ1) is 37.5. The van der Waals surface area contributed by atoms with E-state index in [1.54, 1.807) is 6.92 Å². The summed E-state index contributed by atoms with van der Waals surface area (Å²) in [6, 6.07) is 12.8. The third kappa shape index (κ3) is 10.1. The summed E-state index contributed by atoms with van der Waals surface area (Å²) in [4.78, 5) is 0. The van der Waals surface area contributed by atoms with Crippen LogP contribution in [0, 0.1) is 41.8 Å². The van der Waals surface area contributed by atoms with Crippen LogP contribution in [0.5, 0.6) is 17.2 Å². The number of benzene rings is 4. The molecule has 49 heavy (non-hydrogen) atoms. The van der Waals surface area contributed by atoms with Crippen molar-refractivity contribution >= 4 is 0 Å². The summed E-state index contributed by atoms with van der Waals surface area (Å²) in [5.74, 6) is -8.88. The Kier molecular flexibility index (Phi) is 13.3. The molecule has 0 saturated heterocycles. The van der Waals surface area contributed by atoms with Crippen LogP contribution in [0.25, 0.3) is 22.3 Å². The van der Waals surface area contributed by atoms with Crippen molar-refractivity contribution in [2.45, 2.75) is 71.1 Å². The fourth-order valence-electron chi connectivity index (χ4n) is 5.30. The van der Waals surface area contributed by atoms with Gasteiger partial charge >= 0.3 is 0 Å². The fourth-order valence-corrected chi connectivity index (χ4v) is 5.30. The van der Waals surface area contributed by atoms with Gasteiger partial charge in [-0.25, -0.2) is 30.7 Å². The molecule has 0 aliphatic carbocycles. The van der Waals surface area contributed by atoms with Crippen molar-refractivity contribution in [1.29, 1.82) is 0 Å². The first-order valence-corrected chi connectivity index (χ1v) is 16.2. The molecular formula is C38H38F8O3. The Bertz CT molecular complexity index is 1710. The second-order valence-corrected chi connectivity index (χ2v) is 11.7. The summed E-state index contributed by atoms with van der Waals surface area (Å²) in [5.41, 5.74) is -0.570. The molecule has 0 saturated carbocycles. The number of hydrogen-bond donors (Lipinski definition) is 0. The Hall–Kier alpha value is -4.28. The highest BCUT2D eigenvalue weighted by Crippen LogP contribution is 2.34. The highest BCUT2D eigenvalue weighted by Gasteiger charge is 2.27. The summed E-state index contributed by atoms with van der Waals surface area (Å²) < 4.78 is 131. The molecule has 4 aromatic carbocycles. The number of aryl methyl sites for hydroxylation is 1. The zero-order valence-corrected chi connectivity index (χ0v) is 27.3. The lowest BCUT2D eigenvalue weighted by Crippen LogP contribution is -2.15. The minimum Gasteiger partial charge on any atom is -0.493 e. The van der Waals surface area contributed by atoms with E-state index in [-0.39, 0.29) is 90.6 Å². The van der Waals surface area contributed by atoms with Crippen molar-refractivity contribution in [1.82, 2.24) is 0 Å². The van der Waals surface area contributed by atoms with Crippen molar-refractivity contribution in [2.75, 3.05) is 19.8 Å². The van der Waals surface area contributed by atoms with Crippen molar-refractivity contribution < 1.29 is 49.3 Å². The van der Waals surface area contributed by atoms with Crippen LogP contribution in [-0.2, 0) is 0 Å². The molecule has 4 rings (SSSR count). The van der Waals surface area contributed by atoms with Crippen LogP contribution in [0.2, 0.25) is 0 Å². The Morgan fingerprint density at radius 2 is 0.980 bits per heavy atom. The number of ether oxygens (including phenoxy) is 3. The molecule has 0 spiro atoms. The average molecular weight is 695 g/mol. The molecule has 264 valence electrons. The molecule has 0 fully saturated rings. The second-order valence-electron chi connectivity index (χ2n) is 11.7. The van der Waals surface area contributed by atoms with Crippen LogP contribution >= 0.6 is 0 Å². The van der Waals surface area contributed by atoms with E-state index in [2.05, 4.69) is 0 Å². The molecule has 0 unspecified atom stereocenters. The summed E-state index contributed by atoms with van der Waals surface area (Å²) in [5, 5.41) is 0. The molecule has 0 radical (unpaired) electrons. The zero-order valence-electron chi connectivity index (χ0n) is 27.3. The highest BCUT2D eigenvalue weighted by molar-refractivity contribution is 5.67. The van der Waals surface area contributed by atoms with Crippen LogP contribution in [0.1, 0.15) is 63.9 Å². The normalized spacial score (nSPS) is 11.6. The average Bonchev–Trinajstić information content (AvgIpc) is 3.06. The lowest BCUT2D eigenvalue weighted by atomic mass is 10.0. The van der Waals surface area contributed by atoms with E-state index in [1.165, 1.54) is 55.5 Å². The highest BCUT2D eigenvalue weighted by atomic mass is 19.3. The first-order valence-electron chi connectivity index (χ1n) is 16.2. The van der Waals surface area contributed by atoms with Gasteiger partial charge in [0.2, 0.25) is 11.7 Å². The second kappa shape index (κ2) is 17.4. The number of rotatable bonds is 18. The van der Waals surface area contributed by atoms with E-state index in [0.29, 0.717) is 25.7 Å². The van der Waals surface area contributed by atoms with Gasteiger partial charge in [0.25, 0.3) is 0 Å². The van der Waals surface area contributed by atoms with Gasteiger partial charge in [0.05, 0.1) is 19.8 Å². The lowest BCUT2D eigenvalue weighted by molar-refractivity contribution is -0.0209. The van der Waals surface area contributed by atoms with E-state index in [9.17, 15) is 35.1 Å². The predicted molar refractivity (Wildman–Crippen MR) is 172 cm³/mol. The van der Waals surface area contributed by atoms with Crippen LogP contribution in [-0.4, -0.2) is 25.7 Å². The van der Waals surface area contributed by atoms with E-state index < -0.39 is 40.8 Å². The molecule has 4 aromatic rings. The maximum atomic E-state index is 14.7. The van der Waals surface area contributed by atoms with Gasteiger partial charge in [0, 0.05) is 47.2 Å². The molecule has 0 amide bonds. The standard InChI is InChI=1S/C38H38F8O3/c1-3-47-33-17-16-30(36(43)37(33)44)28-15-12-26(23-32(28)40)49-21-9-5-7-19-38(45,46)18-6-4-8-20-48-25-11-14-27(31(39)22-25)29-13-10-24(2)34(41)35(29)42/h10-17,22-23H,3-9,18-21H2,1-2H3. The van der Waals surface area contributed by atoms with Crippen molar-refractivity contribution in [3.05, 3.63) is 101 Å². The van der Waals surface area contributed by atoms with E-state index in [0.717, 1.165) is 12.1 Å². The minimum absolute atomic E-state index is 0.0985. The Balaban J connectivity index is 1.10. The third-order valence-corrected chi connectivity index (χ3v) is 7.99. The van der Waals surface area contributed by atoms with Crippen LogP contribution < -0.4 is 14.2 Å².